The van der Waals surface area contributed by atoms with Crippen molar-refractivity contribution in [2.45, 2.75) is 32.1 Å². The number of amides is 2. The maximum absolute atomic E-state index is 12.2. The lowest BCUT2D eigenvalue weighted by Gasteiger charge is -2.10. The number of carbonyl (C=O) groups excluding carboxylic acids is 1. The van der Waals surface area contributed by atoms with Crippen LogP contribution in [0.5, 0.6) is 0 Å². The van der Waals surface area contributed by atoms with Crippen LogP contribution >= 0.6 is 0 Å². The maximum atomic E-state index is 12.2. The Labute approximate surface area is 183 Å². The molecule has 0 radical (unpaired) electrons. The molecule has 0 spiro atoms. The van der Waals surface area contributed by atoms with Gasteiger partial charge < -0.3 is 10.6 Å². The van der Waals surface area contributed by atoms with Crippen molar-refractivity contribution in [2.75, 3.05) is 5.32 Å². The highest BCUT2D eigenvalue weighted by Crippen LogP contribution is 2.22. The molecule has 0 saturated carbocycles. The Morgan fingerprint density at radius 1 is 0.871 bits per heavy atom. The fourth-order valence-corrected chi connectivity index (χ4v) is 3.96. The quantitative estimate of drug-likeness (QED) is 0.486. The van der Waals surface area contributed by atoms with E-state index >= 15 is 0 Å². The molecule has 31 heavy (non-hydrogen) atoms. The highest BCUT2D eigenvalue weighted by molar-refractivity contribution is 7.88. The molecule has 0 aliphatic heterocycles. The molecule has 7 heteroatoms. The molecule has 6 nitrogen and oxygen atoms in total. The molecule has 0 bridgehead atoms. The molecule has 3 aromatic carbocycles. The first kappa shape index (κ1) is 22.5. The average molecular weight is 438 g/mol. The van der Waals surface area contributed by atoms with E-state index in [1.54, 1.807) is 18.2 Å². The summed E-state index contributed by atoms with van der Waals surface area (Å²) in [6, 6.07) is 22.8. The van der Waals surface area contributed by atoms with Gasteiger partial charge in [-0.25, -0.2) is 18.4 Å². The van der Waals surface area contributed by atoms with Gasteiger partial charge in [0.1, 0.15) is 0 Å². The summed E-state index contributed by atoms with van der Waals surface area (Å²) in [4.78, 5) is 12.2. The monoisotopic (exact) mass is 437 g/mol. The predicted molar refractivity (Wildman–Crippen MR) is 125 cm³/mol. The molecule has 0 heterocycles. The largest absolute Gasteiger partial charge is 0.334 e. The number of carbonyl (C=O) groups is 1. The Morgan fingerprint density at radius 2 is 1.48 bits per heavy atom. The fourth-order valence-electron chi connectivity index (χ4n) is 3.32. The van der Waals surface area contributed by atoms with Crippen LogP contribution in [0.4, 0.5) is 10.5 Å². The van der Waals surface area contributed by atoms with E-state index < -0.39 is 10.0 Å². The van der Waals surface area contributed by atoms with Crippen LogP contribution in [-0.4, -0.2) is 14.4 Å². The van der Waals surface area contributed by atoms with Crippen LogP contribution in [0.1, 0.15) is 30.0 Å². The molecule has 4 N–H and O–H groups in total. The second-order valence-electron chi connectivity index (χ2n) is 7.46. The van der Waals surface area contributed by atoms with Gasteiger partial charge in [-0.1, -0.05) is 74.0 Å². The number of benzene rings is 3. The maximum Gasteiger partial charge on any atom is 0.319 e. The van der Waals surface area contributed by atoms with Gasteiger partial charge >= 0.3 is 6.03 Å². The smallest absolute Gasteiger partial charge is 0.319 e. The lowest BCUT2D eigenvalue weighted by Crippen LogP contribution is -2.28. The zero-order chi connectivity index (χ0) is 22.3. The average Bonchev–Trinajstić information content (AvgIpc) is 2.73. The first-order chi connectivity index (χ1) is 14.8. The molecule has 0 aromatic heterocycles. The number of sulfonamides is 1. The van der Waals surface area contributed by atoms with Crippen LogP contribution in [0.3, 0.4) is 0 Å². The second kappa shape index (κ2) is 10.2. The number of anilines is 1. The number of urea groups is 1. The molecular formula is C24H27N3O3S. The Hall–Kier alpha value is -3.16. The minimum atomic E-state index is -3.59. The number of rotatable bonds is 8. The number of nitrogens with one attached hydrogen (secondary N) is 2. The standard InChI is InChI=1S/C24H27N3O3S/c1-2-4-18-7-9-21(10-8-18)22-11-13-23(14-12-22)27-24(28)26-16-19-5-3-6-20(15-19)17-31(25,29)30/h3,5-15H,2,4,16-17H2,1H3,(H2,25,29,30)(H2,26,27,28). The number of primary sulfonamides is 1. The third-order valence-electron chi connectivity index (χ3n) is 4.78. The lowest BCUT2D eigenvalue weighted by molar-refractivity contribution is 0.251. The first-order valence-corrected chi connectivity index (χ1v) is 11.9. The van der Waals surface area contributed by atoms with E-state index in [0.717, 1.165) is 29.5 Å². The van der Waals surface area contributed by atoms with Crippen molar-refractivity contribution in [1.82, 2.24) is 5.32 Å². The number of hydrogen-bond donors (Lipinski definition) is 3. The first-order valence-electron chi connectivity index (χ1n) is 10.1. The van der Waals surface area contributed by atoms with Gasteiger partial charge in [0.15, 0.2) is 0 Å². The molecule has 0 unspecified atom stereocenters. The summed E-state index contributed by atoms with van der Waals surface area (Å²) in [5.41, 5.74) is 5.61. The summed E-state index contributed by atoms with van der Waals surface area (Å²) >= 11 is 0. The van der Waals surface area contributed by atoms with E-state index in [-0.39, 0.29) is 18.3 Å². The summed E-state index contributed by atoms with van der Waals surface area (Å²) in [6.45, 7) is 2.44. The molecule has 3 aromatic rings. The van der Waals surface area contributed by atoms with Crippen LogP contribution in [-0.2, 0) is 28.7 Å². The number of hydrogen-bond acceptors (Lipinski definition) is 3. The fraction of sp³-hybridized carbons (Fsp3) is 0.208. The van der Waals surface area contributed by atoms with Crippen molar-refractivity contribution in [1.29, 1.82) is 0 Å². The number of aryl methyl sites for hydroxylation is 1. The SMILES string of the molecule is CCCc1ccc(-c2ccc(NC(=O)NCc3cccc(CS(N)(=O)=O)c3)cc2)cc1. The van der Waals surface area contributed by atoms with Crippen molar-refractivity contribution in [3.8, 4) is 11.1 Å². The normalized spacial score (nSPS) is 11.2. The Morgan fingerprint density at radius 3 is 2.10 bits per heavy atom. The van der Waals surface area contributed by atoms with Crippen molar-refractivity contribution in [3.63, 3.8) is 0 Å². The zero-order valence-electron chi connectivity index (χ0n) is 17.5. The molecule has 2 amide bonds. The highest BCUT2D eigenvalue weighted by Gasteiger charge is 2.07. The van der Waals surface area contributed by atoms with Gasteiger partial charge in [0.25, 0.3) is 0 Å². The van der Waals surface area contributed by atoms with E-state index in [1.165, 1.54) is 5.56 Å². The second-order valence-corrected chi connectivity index (χ2v) is 9.07. The van der Waals surface area contributed by atoms with Gasteiger partial charge in [0.2, 0.25) is 10.0 Å². The van der Waals surface area contributed by atoms with E-state index in [4.69, 9.17) is 5.14 Å². The summed E-state index contributed by atoms with van der Waals surface area (Å²) in [7, 11) is -3.59. The summed E-state index contributed by atoms with van der Waals surface area (Å²) < 4.78 is 22.5. The van der Waals surface area contributed by atoms with Gasteiger partial charge in [-0.2, -0.15) is 0 Å². The van der Waals surface area contributed by atoms with Gasteiger partial charge in [0, 0.05) is 12.2 Å². The molecule has 0 fully saturated rings. The Balaban J connectivity index is 1.54. The Kier molecular flexibility index (Phi) is 7.44. The van der Waals surface area contributed by atoms with Crippen LogP contribution in [0.15, 0.2) is 72.8 Å². The van der Waals surface area contributed by atoms with Crippen molar-refractivity contribution in [2.24, 2.45) is 5.14 Å². The van der Waals surface area contributed by atoms with E-state index in [1.807, 2.05) is 30.3 Å². The molecule has 0 atom stereocenters. The molecule has 0 aliphatic carbocycles. The summed E-state index contributed by atoms with van der Waals surface area (Å²) in [6.07, 6.45) is 2.21. The van der Waals surface area contributed by atoms with Crippen LogP contribution in [0.25, 0.3) is 11.1 Å². The van der Waals surface area contributed by atoms with E-state index in [2.05, 4.69) is 41.8 Å². The molecule has 3 rings (SSSR count). The molecule has 162 valence electrons. The molecular weight excluding hydrogens is 410 g/mol. The minimum Gasteiger partial charge on any atom is -0.334 e. The third kappa shape index (κ3) is 7.24. The van der Waals surface area contributed by atoms with Crippen LogP contribution < -0.4 is 15.8 Å². The van der Waals surface area contributed by atoms with Gasteiger partial charge in [-0.3, -0.25) is 0 Å². The Bertz CT molecular complexity index is 1130. The van der Waals surface area contributed by atoms with Crippen molar-refractivity contribution in [3.05, 3.63) is 89.5 Å². The third-order valence-corrected chi connectivity index (χ3v) is 5.52. The topological polar surface area (TPSA) is 101 Å². The predicted octanol–water partition coefficient (Wildman–Crippen LogP) is 4.42. The minimum absolute atomic E-state index is 0.235. The van der Waals surface area contributed by atoms with Crippen molar-refractivity contribution < 1.29 is 13.2 Å². The van der Waals surface area contributed by atoms with Gasteiger partial charge in [-0.05, 0) is 46.4 Å². The highest BCUT2D eigenvalue weighted by atomic mass is 32.2. The zero-order valence-corrected chi connectivity index (χ0v) is 18.3. The van der Waals surface area contributed by atoms with Crippen LogP contribution in [0.2, 0.25) is 0 Å². The summed E-state index contributed by atoms with van der Waals surface area (Å²) in [5.74, 6) is -0.235. The lowest BCUT2D eigenvalue weighted by atomic mass is 10.0. The molecule has 0 saturated heterocycles. The summed E-state index contributed by atoms with van der Waals surface area (Å²) in [5, 5.41) is 10.7. The van der Waals surface area contributed by atoms with Gasteiger partial charge in [0.05, 0.1) is 5.75 Å². The number of nitrogens with two attached hydrogens (primary N) is 1. The van der Waals surface area contributed by atoms with Crippen LogP contribution in [0, 0.1) is 0 Å². The van der Waals surface area contributed by atoms with E-state index in [0.29, 0.717) is 11.3 Å². The molecule has 0 aliphatic rings. The van der Waals surface area contributed by atoms with Gasteiger partial charge in [-0.15, -0.1) is 0 Å². The van der Waals surface area contributed by atoms with E-state index in [9.17, 15) is 13.2 Å². The van der Waals surface area contributed by atoms with Crippen molar-refractivity contribution >= 4 is 21.7 Å².